The van der Waals surface area contributed by atoms with Crippen LogP contribution in [0, 0.1) is 0 Å². The molecule has 3 aromatic rings. The Hall–Kier alpha value is -4.76. The molecule has 2 aromatic carbocycles. The van der Waals surface area contributed by atoms with Crippen LogP contribution >= 0.6 is 11.3 Å². The number of esters is 1. The minimum atomic E-state index is -5.08. The monoisotopic (exact) mass is 663 g/mol. The number of amides is 2. The van der Waals surface area contributed by atoms with E-state index in [1.54, 1.807) is 49.4 Å². The van der Waals surface area contributed by atoms with Gasteiger partial charge >= 0.3 is 24.1 Å². The maximum absolute atomic E-state index is 12.6. The molecule has 5 rings (SSSR count). The van der Waals surface area contributed by atoms with Crippen LogP contribution < -0.4 is 16.4 Å². The first-order valence-corrected chi connectivity index (χ1v) is 14.8. The van der Waals surface area contributed by atoms with Crippen molar-refractivity contribution in [3.05, 3.63) is 86.6 Å². The van der Waals surface area contributed by atoms with Crippen molar-refractivity contribution < 1.29 is 52.1 Å². The summed E-state index contributed by atoms with van der Waals surface area (Å²) in [5, 5.41) is 16.2. The first-order valence-electron chi connectivity index (χ1n) is 14.0. The molecule has 6 N–H and O–H groups in total. The Morgan fingerprint density at radius 3 is 2.17 bits per heavy atom. The molecule has 0 aliphatic heterocycles. The first kappa shape index (κ1) is 35.7. The topological polar surface area (TPSA) is 190 Å². The number of carbonyl (C=O) groups excluding carboxylic acids is 3. The fourth-order valence-electron chi connectivity index (χ4n) is 5.24. The smallest absolute Gasteiger partial charge is 0.480 e. The number of thiophene rings is 1. The molecule has 1 saturated carbocycles. The van der Waals surface area contributed by atoms with Gasteiger partial charge in [0.15, 0.2) is 0 Å². The van der Waals surface area contributed by atoms with Gasteiger partial charge in [0.25, 0.3) is 11.8 Å². The summed E-state index contributed by atoms with van der Waals surface area (Å²) in [6.45, 7) is 2.01. The molecule has 11 nitrogen and oxygen atoms in total. The molecule has 246 valence electrons. The first-order chi connectivity index (χ1) is 21.7. The number of carbonyl (C=O) groups is 5. The van der Waals surface area contributed by atoms with Gasteiger partial charge in [-0.15, -0.1) is 11.3 Å². The van der Waals surface area contributed by atoms with E-state index in [0.29, 0.717) is 46.7 Å². The molecule has 1 aromatic heterocycles. The van der Waals surface area contributed by atoms with Crippen molar-refractivity contribution in [2.45, 2.75) is 50.7 Å². The Balaban J connectivity index is 0.000000210. The average Bonchev–Trinajstić information content (AvgIpc) is 3.74. The number of primary amides is 1. The third-order valence-electron chi connectivity index (χ3n) is 7.15. The van der Waals surface area contributed by atoms with E-state index in [1.807, 2.05) is 12.1 Å². The van der Waals surface area contributed by atoms with Crippen molar-refractivity contribution in [1.29, 1.82) is 0 Å². The number of nitrogens with two attached hydrogens (primary N) is 2. The van der Waals surface area contributed by atoms with Crippen molar-refractivity contribution in [3.63, 3.8) is 0 Å². The largest absolute Gasteiger partial charge is 0.490 e. The Bertz CT molecular complexity index is 1590. The van der Waals surface area contributed by atoms with Gasteiger partial charge in [0, 0.05) is 22.7 Å². The van der Waals surface area contributed by atoms with Gasteiger partial charge in [-0.1, -0.05) is 30.3 Å². The number of ether oxygens (including phenoxy) is 1. The lowest BCUT2D eigenvalue weighted by Crippen LogP contribution is -2.35. The standard InChI is InChI=1S/C16H16N2O3.C13H15NO3S.C2HF3O2/c17-10-12-5-4-6-13(9-12)16(21)18(11-15(19)20)14-7-2-1-3-8-14;1-2-17-13(16)9-8-6-3-4-7(5-6)10(8)18-11(9)12(14)15;3-2(4,5)1(6)7/h1-9H,10-11,17H2,(H,19,20);6-7H,2-5H2,1H3,(H2,14,15);(H,6,7). The highest BCUT2D eigenvalue weighted by atomic mass is 32.1. The zero-order chi connectivity index (χ0) is 34.2. The van der Waals surface area contributed by atoms with Gasteiger partial charge in [0.05, 0.1) is 12.2 Å². The Morgan fingerprint density at radius 2 is 1.63 bits per heavy atom. The fourth-order valence-corrected chi connectivity index (χ4v) is 6.62. The molecule has 2 atom stereocenters. The number of aliphatic carboxylic acids is 2. The van der Waals surface area contributed by atoms with Crippen molar-refractivity contribution in [2.75, 3.05) is 18.1 Å². The summed E-state index contributed by atoms with van der Waals surface area (Å²) >= 11 is 1.40. The molecule has 1 fully saturated rings. The van der Waals surface area contributed by atoms with Gasteiger partial charge in [0.1, 0.15) is 11.4 Å². The minimum Gasteiger partial charge on any atom is -0.480 e. The maximum Gasteiger partial charge on any atom is 0.490 e. The van der Waals surface area contributed by atoms with Crippen LogP contribution in [-0.4, -0.2) is 59.3 Å². The van der Waals surface area contributed by atoms with E-state index in [0.717, 1.165) is 24.0 Å². The van der Waals surface area contributed by atoms with E-state index in [2.05, 4.69) is 0 Å². The number of nitrogens with zero attached hydrogens (tertiary/aromatic N) is 1. The van der Waals surface area contributed by atoms with Crippen LogP contribution in [0.5, 0.6) is 0 Å². The molecule has 0 saturated heterocycles. The third kappa shape index (κ3) is 8.69. The van der Waals surface area contributed by atoms with E-state index < -0.39 is 36.5 Å². The van der Waals surface area contributed by atoms with Crippen LogP contribution in [0.1, 0.15) is 84.4 Å². The normalized spacial score (nSPS) is 15.8. The van der Waals surface area contributed by atoms with Crippen LogP contribution in [-0.2, 0) is 20.9 Å². The fraction of sp³-hybridized carbons (Fsp3) is 0.323. The second-order valence-electron chi connectivity index (χ2n) is 10.2. The van der Waals surface area contributed by atoms with Gasteiger partial charge < -0.3 is 26.4 Å². The average molecular weight is 664 g/mol. The van der Waals surface area contributed by atoms with Crippen LogP contribution in [0.15, 0.2) is 54.6 Å². The number of hydrogen-bond acceptors (Lipinski definition) is 8. The van der Waals surface area contributed by atoms with E-state index in [9.17, 15) is 32.3 Å². The Labute approximate surface area is 265 Å². The zero-order valence-corrected chi connectivity index (χ0v) is 25.4. The van der Waals surface area contributed by atoms with Crippen LogP contribution in [0.25, 0.3) is 0 Å². The summed E-state index contributed by atoms with van der Waals surface area (Å²) in [6.07, 6.45) is -1.69. The van der Waals surface area contributed by atoms with Crippen molar-refractivity contribution >= 4 is 46.7 Å². The number of carboxylic acid groups (broad SMARTS) is 2. The second-order valence-corrected chi connectivity index (χ2v) is 11.3. The Morgan fingerprint density at radius 1 is 1.00 bits per heavy atom. The van der Waals surface area contributed by atoms with Crippen molar-refractivity contribution in [3.8, 4) is 0 Å². The summed E-state index contributed by atoms with van der Waals surface area (Å²) in [5.41, 5.74) is 14.3. The van der Waals surface area contributed by atoms with Gasteiger partial charge in [-0.3, -0.25) is 19.3 Å². The molecule has 0 spiro atoms. The second kappa shape index (κ2) is 15.5. The molecule has 2 aliphatic rings. The summed E-state index contributed by atoms with van der Waals surface area (Å²) in [6, 6.07) is 15.6. The zero-order valence-electron chi connectivity index (χ0n) is 24.6. The highest BCUT2D eigenvalue weighted by Gasteiger charge is 2.44. The minimum absolute atomic E-state index is 0.315. The van der Waals surface area contributed by atoms with Crippen LogP contribution in [0.4, 0.5) is 18.9 Å². The number of para-hydroxylation sites is 1. The molecule has 0 radical (unpaired) electrons. The van der Waals surface area contributed by atoms with Gasteiger partial charge in [-0.05, 0) is 73.4 Å². The summed E-state index contributed by atoms with van der Waals surface area (Å²) < 4.78 is 36.8. The third-order valence-corrected chi connectivity index (χ3v) is 8.53. The summed E-state index contributed by atoms with van der Waals surface area (Å²) in [5.74, 6) is -4.15. The summed E-state index contributed by atoms with van der Waals surface area (Å²) in [4.78, 5) is 58.8. The summed E-state index contributed by atoms with van der Waals surface area (Å²) in [7, 11) is 0. The lowest BCUT2D eigenvalue weighted by molar-refractivity contribution is -0.192. The molecular weight excluding hydrogens is 631 g/mol. The molecule has 46 heavy (non-hydrogen) atoms. The number of anilines is 1. The highest BCUT2D eigenvalue weighted by Crippen LogP contribution is 2.57. The van der Waals surface area contributed by atoms with Crippen LogP contribution in [0.3, 0.4) is 0 Å². The predicted octanol–water partition coefficient (Wildman–Crippen LogP) is 4.90. The number of benzene rings is 2. The number of rotatable bonds is 8. The van der Waals surface area contributed by atoms with E-state index in [1.165, 1.54) is 27.5 Å². The number of halogens is 3. The van der Waals surface area contributed by atoms with Crippen molar-refractivity contribution in [1.82, 2.24) is 0 Å². The lowest BCUT2D eigenvalue weighted by atomic mass is 9.94. The van der Waals surface area contributed by atoms with Crippen molar-refractivity contribution in [2.24, 2.45) is 11.5 Å². The van der Waals surface area contributed by atoms with Gasteiger partial charge in [-0.25, -0.2) is 9.59 Å². The van der Waals surface area contributed by atoms with E-state index in [-0.39, 0.29) is 5.91 Å². The van der Waals surface area contributed by atoms with E-state index in [4.69, 9.17) is 31.2 Å². The molecule has 1 heterocycles. The Kier molecular flexibility index (Phi) is 12.0. The highest BCUT2D eigenvalue weighted by molar-refractivity contribution is 7.14. The lowest BCUT2D eigenvalue weighted by Gasteiger charge is -2.21. The number of hydrogen-bond donors (Lipinski definition) is 4. The quantitative estimate of drug-likeness (QED) is 0.243. The molecule has 2 unspecified atom stereocenters. The van der Waals surface area contributed by atoms with E-state index >= 15 is 0 Å². The molecule has 15 heteroatoms. The van der Waals surface area contributed by atoms with Gasteiger partial charge in [-0.2, -0.15) is 13.2 Å². The predicted molar refractivity (Wildman–Crippen MR) is 162 cm³/mol. The molecule has 2 bridgehead atoms. The number of alkyl halides is 3. The molecular formula is C31H32F3N3O8S. The number of carboxylic acids is 2. The SMILES string of the molecule is CCOC(=O)c1c(C(N)=O)sc2c1C1CCC2C1.NCc1cccc(C(=O)N(CC(=O)O)c2ccccc2)c1.O=C(O)C(F)(F)F. The van der Waals surface area contributed by atoms with Crippen LogP contribution in [0.2, 0.25) is 0 Å². The number of fused-ring (bicyclic) bond motifs is 5. The van der Waals surface area contributed by atoms with Gasteiger partial charge in [0.2, 0.25) is 0 Å². The molecule has 2 aliphatic carbocycles. The molecule has 2 amide bonds. The maximum atomic E-state index is 12.6.